The van der Waals surface area contributed by atoms with E-state index in [4.69, 9.17) is 5.10 Å². The molecule has 4 heterocycles. The van der Waals surface area contributed by atoms with Gasteiger partial charge in [-0.2, -0.15) is 15.2 Å². The van der Waals surface area contributed by atoms with Crippen LogP contribution in [0.1, 0.15) is 48.9 Å². The molecule has 41 heavy (non-hydrogen) atoms. The van der Waals surface area contributed by atoms with Crippen molar-refractivity contribution >= 4 is 28.4 Å². The first-order valence-corrected chi connectivity index (χ1v) is 13.7. The average Bonchev–Trinajstić information content (AvgIpc) is 3.33. The van der Waals surface area contributed by atoms with E-state index in [-0.39, 0.29) is 29.2 Å². The fourth-order valence-corrected chi connectivity index (χ4v) is 5.15. The summed E-state index contributed by atoms with van der Waals surface area (Å²) in [5.74, 6) is -0.425. The first-order chi connectivity index (χ1) is 19.6. The maximum atomic E-state index is 14.0. The smallest absolute Gasteiger partial charge is 0.298 e. The standard InChI is InChI=1S/C29H35N9O3/c1-7-22-26(36-10-12-37(13-11-36)28(40)25-27(39)18(4)30-16-31-25)29(41)38(19(5)32-22)34-24(17(2)3)20-8-9-23-21(14-20)15-35(6)33-23/h8-9,14-17,32,39H,5,7,10-13H2,1-4,6H3/b34-24+. The molecule has 0 saturated carbocycles. The number of hydrazone groups is 1. The minimum atomic E-state index is -0.364. The molecule has 1 aromatic carbocycles. The number of piperazine rings is 1. The van der Waals surface area contributed by atoms with Crippen molar-refractivity contribution in [1.29, 1.82) is 0 Å². The highest BCUT2D eigenvalue weighted by atomic mass is 16.3. The van der Waals surface area contributed by atoms with Gasteiger partial charge in [-0.1, -0.05) is 33.4 Å². The second kappa shape index (κ2) is 11.0. The summed E-state index contributed by atoms with van der Waals surface area (Å²) in [6.07, 6.45) is 3.82. The number of aromatic nitrogens is 4. The van der Waals surface area contributed by atoms with Gasteiger partial charge in [0.25, 0.3) is 11.8 Å². The van der Waals surface area contributed by atoms with Gasteiger partial charge in [-0.05, 0) is 37.0 Å². The van der Waals surface area contributed by atoms with E-state index in [0.717, 1.165) is 27.9 Å². The number of hydrogen-bond donors (Lipinski definition) is 2. The molecule has 2 N–H and O–H groups in total. The van der Waals surface area contributed by atoms with E-state index < -0.39 is 0 Å². The lowest BCUT2D eigenvalue weighted by Gasteiger charge is -2.40. The number of rotatable bonds is 6. The Hall–Kier alpha value is -4.74. The molecule has 1 saturated heterocycles. The third kappa shape index (κ3) is 5.24. The fourth-order valence-electron chi connectivity index (χ4n) is 5.15. The Morgan fingerprint density at radius 3 is 2.61 bits per heavy atom. The van der Waals surface area contributed by atoms with E-state index >= 15 is 0 Å². The largest absolute Gasteiger partial charge is 0.504 e. The third-order valence-corrected chi connectivity index (χ3v) is 7.35. The maximum absolute atomic E-state index is 14.0. The summed E-state index contributed by atoms with van der Waals surface area (Å²) in [4.78, 5) is 38.6. The van der Waals surface area contributed by atoms with Gasteiger partial charge in [-0.25, -0.2) is 9.97 Å². The van der Waals surface area contributed by atoms with Crippen LogP contribution in [0.3, 0.4) is 0 Å². The van der Waals surface area contributed by atoms with Gasteiger partial charge in [0.2, 0.25) is 0 Å². The van der Waals surface area contributed by atoms with Crippen molar-refractivity contribution in [2.45, 2.75) is 34.1 Å². The lowest BCUT2D eigenvalue weighted by atomic mass is 9.99. The normalized spacial score (nSPS) is 16.7. The van der Waals surface area contributed by atoms with Crippen LogP contribution in [-0.4, -0.2) is 83.4 Å². The zero-order valence-corrected chi connectivity index (χ0v) is 24.0. The highest BCUT2D eigenvalue weighted by Gasteiger charge is 2.36. The third-order valence-electron chi connectivity index (χ3n) is 7.35. The molecule has 5 rings (SSSR count). The van der Waals surface area contributed by atoms with Crippen molar-refractivity contribution in [3.05, 3.63) is 71.5 Å². The average molecular weight is 558 g/mol. The molecule has 2 aliphatic rings. The Morgan fingerprint density at radius 1 is 1.20 bits per heavy atom. The number of carbonyl (C=O) groups excluding carboxylic acids is 2. The zero-order chi connectivity index (χ0) is 29.4. The van der Waals surface area contributed by atoms with E-state index in [0.29, 0.717) is 49.8 Å². The minimum Gasteiger partial charge on any atom is -0.504 e. The summed E-state index contributed by atoms with van der Waals surface area (Å²) in [7, 11) is 1.88. The van der Waals surface area contributed by atoms with Crippen molar-refractivity contribution in [2.24, 2.45) is 18.1 Å². The zero-order valence-electron chi connectivity index (χ0n) is 24.0. The van der Waals surface area contributed by atoms with Crippen LogP contribution in [0.25, 0.3) is 10.9 Å². The lowest BCUT2D eigenvalue weighted by Crippen LogP contribution is -2.53. The number of carbonyl (C=O) groups is 2. The quantitative estimate of drug-likeness (QED) is 0.442. The molecule has 12 heteroatoms. The molecule has 2 amide bonds. The monoisotopic (exact) mass is 557 g/mol. The van der Waals surface area contributed by atoms with Crippen LogP contribution < -0.4 is 5.32 Å². The predicted molar refractivity (Wildman–Crippen MR) is 154 cm³/mol. The first-order valence-electron chi connectivity index (χ1n) is 13.7. The van der Waals surface area contributed by atoms with Gasteiger partial charge in [0.05, 0.1) is 16.9 Å². The molecular weight excluding hydrogens is 522 g/mol. The topological polar surface area (TPSA) is 132 Å². The summed E-state index contributed by atoms with van der Waals surface area (Å²) in [6.45, 7) is 13.4. The molecule has 1 fully saturated rings. The number of nitrogens with zero attached hydrogens (tertiary/aromatic N) is 8. The lowest BCUT2D eigenvalue weighted by molar-refractivity contribution is -0.128. The first kappa shape index (κ1) is 27.8. The van der Waals surface area contributed by atoms with Gasteiger partial charge in [-0.15, -0.1) is 0 Å². The number of nitrogens with one attached hydrogen (secondary N) is 1. The predicted octanol–water partition coefficient (Wildman–Crippen LogP) is 2.72. The van der Waals surface area contributed by atoms with E-state index in [2.05, 4.69) is 27.0 Å². The molecule has 12 nitrogen and oxygen atoms in total. The Kier molecular flexibility index (Phi) is 7.48. The van der Waals surface area contributed by atoms with Gasteiger partial charge < -0.3 is 20.2 Å². The molecule has 214 valence electrons. The number of benzene rings is 1. The summed E-state index contributed by atoms with van der Waals surface area (Å²) < 4.78 is 1.77. The highest BCUT2D eigenvalue weighted by Crippen LogP contribution is 2.27. The molecule has 2 aliphatic heterocycles. The van der Waals surface area contributed by atoms with Gasteiger partial charge >= 0.3 is 0 Å². The molecule has 3 aromatic rings. The number of fused-ring (bicyclic) bond motifs is 1. The highest BCUT2D eigenvalue weighted by molar-refractivity contribution is 6.05. The van der Waals surface area contributed by atoms with E-state index in [1.165, 1.54) is 11.3 Å². The number of aryl methyl sites for hydroxylation is 2. The Bertz CT molecular complexity index is 1600. The molecule has 2 aromatic heterocycles. The maximum Gasteiger partial charge on any atom is 0.298 e. The Labute approximate surface area is 238 Å². The molecule has 0 atom stereocenters. The van der Waals surface area contributed by atoms with E-state index in [1.54, 1.807) is 16.5 Å². The SMILES string of the molecule is C=C1NC(CC)=C(N2CCN(C(=O)c3ncnc(C)c3O)CC2)C(=O)N1/N=C(/c1ccc2nn(C)cc2c1)C(C)C. The molecule has 0 spiro atoms. The van der Waals surface area contributed by atoms with Crippen molar-refractivity contribution in [3.63, 3.8) is 0 Å². The second-order valence-corrected chi connectivity index (χ2v) is 10.5. The second-order valence-electron chi connectivity index (χ2n) is 10.5. The van der Waals surface area contributed by atoms with Crippen molar-refractivity contribution in [1.82, 2.24) is 39.9 Å². The van der Waals surface area contributed by atoms with Crippen molar-refractivity contribution in [2.75, 3.05) is 26.2 Å². The summed E-state index contributed by atoms with van der Waals surface area (Å²) in [5, 5.41) is 25.2. The van der Waals surface area contributed by atoms with Crippen LogP contribution in [0.4, 0.5) is 0 Å². The summed E-state index contributed by atoms with van der Waals surface area (Å²) >= 11 is 0. The summed E-state index contributed by atoms with van der Waals surface area (Å²) in [5.41, 5.74) is 4.16. The molecule has 0 aliphatic carbocycles. The van der Waals surface area contributed by atoms with Crippen molar-refractivity contribution < 1.29 is 14.7 Å². The Morgan fingerprint density at radius 2 is 1.93 bits per heavy atom. The van der Waals surface area contributed by atoms with Gasteiger partial charge in [0.15, 0.2) is 11.4 Å². The van der Waals surface area contributed by atoms with Gasteiger partial charge in [0.1, 0.15) is 17.8 Å². The van der Waals surface area contributed by atoms with Crippen LogP contribution >= 0.6 is 0 Å². The summed E-state index contributed by atoms with van der Waals surface area (Å²) in [6, 6.07) is 5.96. The van der Waals surface area contributed by atoms with E-state index in [1.807, 2.05) is 57.1 Å². The molecule has 0 unspecified atom stereocenters. The van der Waals surface area contributed by atoms with Crippen molar-refractivity contribution in [3.8, 4) is 5.75 Å². The molecular formula is C29H35N9O3. The van der Waals surface area contributed by atoms with Crippen LogP contribution in [-0.2, 0) is 11.8 Å². The van der Waals surface area contributed by atoms with Crippen LogP contribution in [0.2, 0.25) is 0 Å². The number of hydrogen-bond acceptors (Lipinski definition) is 9. The van der Waals surface area contributed by atoms with Crippen LogP contribution in [0.5, 0.6) is 5.75 Å². The minimum absolute atomic E-state index is 0.0164. The fraction of sp³-hybridized carbons (Fsp3) is 0.379. The number of allylic oxidation sites excluding steroid dienone is 1. The Balaban J connectivity index is 1.39. The van der Waals surface area contributed by atoms with Gasteiger partial charge in [0, 0.05) is 50.5 Å². The van der Waals surface area contributed by atoms with Crippen LogP contribution in [0, 0.1) is 12.8 Å². The van der Waals surface area contributed by atoms with Crippen LogP contribution in [0.15, 0.2) is 59.6 Å². The van der Waals surface area contributed by atoms with Gasteiger partial charge in [-0.3, -0.25) is 14.3 Å². The number of amides is 2. The number of aromatic hydroxyl groups is 1. The van der Waals surface area contributed by atoms with E-state index in [9.17, 15) is 14.7 Å². The molecule has 0 bridgehead atoms. The molecule has 0 radical (unpaired) electrons.